The summed E-state index contributed by atoms with van der Waals surface area (Å²) in [7, 11) is 0. The van der Waals surface area contributed by atoms with Crippen LogP contribution < -0.4 is 0 Å². The summed E-state index contributed by atoms with van der Waals surface area (Å²) in [5.74, 6) is -1.05. The van der Waals surface area contributed by atoms with Crippen LogP contribution >= 0.6 is 27.5 Å². The molecule has 0 saturated carbocycles. The molecule has 1 aromatic carbocycles. The lowest BCUT2D eigenvalue weighted by Gasteiger charge is -2.09. The summed E-state index contributed by atoms with van der Waals surface area (Å²) in [6.07, 6.45) is 0. The second-order valence-corrected chi connectivity index (χ2v) is 5.37. The van der Waals surface area contributed by atoms with Crippen LogP contribution in [0.25, 0.3) is 11.4 Å². The lowest BCUT2D eigenvalue weighted by Crippen LogP contribution is -2.18. The first-order valence-electron chi connectivity index (χ1n) is 5.43. The number of rotatable bonds is 4. The summed E-state index contributed by atoms with van der Waals surface area (Å²) in [6, 6.07) is 5.32. The average Bonchev–Trinajstić information content (AvgIpc) is 2.80. The predicted molar refractivity (Wildman–Crippen MR) is 72.8 cm³/mol. The molecule has 1 heterocycles. The monoisotopic (exact) mass is 344 g/mol. The molecule has 1 unspecified atom stereocenters. The zero-order valence-corrected chi connectivity index (χ0v) is 12.3. The van der Waals surface area contributed by atoms with E-state index in [0.29, 0.717) is 16.4 Å². The van der Waals surface area contributed by atoms with Gasteiger partial charge in [-0.2, -0.15) is 0 Å². The van der Waals surface area contributed by atoms with Crippen LogP contribution in [0, 0.1) is 5.92 Å². The molecule has 6 nitrogen and oxygen atoms in total. The van der Waals surface area contributed by atoms with Crippen LogP contribution in [-0.4, -0.2) is 31.3 Å². The second kappa shape index (κ2) is 5.66. The average molecular weight is 346 g/mol. The molecule has 0 bridgehead atoms. The van der Waals surface area contributed by atoms with Crippen LogP contribution in [0.15, 0.2) is 22.7 Å². The summed E-state index contributed by atoms with van der Waals surface area (Å²) in [4.78, 5) is 10.9. The van der Waals surface area contributed by atoms with Crippen molar-refractivity contribution in [3.63, 3.8) is 0 Å². The Morgan fingerprint density at radius 1 is 1.58 bits per heavy atom. The van der Waals surface area contributed by atoms with Gasteiger partial charge in [0, 0.05) is 10.0 Å². The summed E-state index contributed by atoms with van der Waals surface area (Å²) >= 11 is 9.46. The molecule has 0 radical (unpaired) electrons. The van der Waals surface area contributed by atoms with Crippen LogP contribution in [0.2, 0.25) is 5.02 Å². The molecular formula is C11H10BrClN4O2. The highest BCUT2D eigenvalue weighted by Crippen LogP contribution is 2.29. The number of aliphatic carboxylic acids is 1. The van der Waals surface area contributed by atoms with Crippen molar-refractivity contribution in [2.75, 3.05) is 0 Å². The summed E-state index contributed by atoms with van der Waals surface area (Å²) < 4.78 is 2.28. The van der Waals surface area contributed by atoms with E-state index in [1.165, 1.54) is 4.68 Å². The molecular weight excluding hydrogens is 336 g/mol. The largest absolute Gasteiger partial charge is 0.481 e. The zero-order valence-electron chi connectivity index (χ0n) is 9.92. The van der Waals surface area contributed by atoms with Gasteiger partial charge in [0.1, 0.15) is 0 Å². The standard InChI is InChI=1S/C11H10BrClN4O2/c1-6(11(18)19)5-17-10(14-15-16-17)8-4-7(12)2-3-9(8)13/h2-4,6H,5H2,1H3,(H,18,19). The van der Waals surface area contributed by atoms with E-state index < -0.39 is 11.9 Å². The number of carboxylic acids is 1. The van der Waals surface area contributed by atoms with Gasteiger partial charge in [0.2, 0.25) is 0 Å². The Labute approximate surface area is 122 Å². The van der Waals surface area contributed by atoms with Crippen molar-refractivity contribution in [2.45, 2.75) is 13.5 Å². The van der Waals surface area contributed by atoms with Crippen molar-refractivity contribution in [2.24, 2.45) is 5.92 Å². The number of halogens is 2. The number of carboxylic acid groups (broad SMARTS) is 1. The topological polar surface area (TPSA) is 80.9 Å². The van der Waals surface area contributed by atoms with Crippen molar-refractivity contribution >= 4 is 33.5 Å². The molecule has 2 rings (SSSR count). The number of nitrogens with zero attached hydrogens (tertiary/aromatic N) is 4. The SMILES string of the molecule is CC(Cn1nnnc1-c1cc(Br)ccc1Cl)C(=O)O. The normalized spacial score (nSPS) is 12.4. The molecule has 100 valence electrons. The van der Waals surface area contributed by atoms with Gasteiger partial charge in [-0.05, 0) is 28.6 Å². The molecule has 0 saturated heterocycles. The minimum Gasteiger partial charge on any atom is -0.481 e. The molecule has 1 N–H and O–H groups in total. The lowest BCUT2D eigenvalue weighted by molar-refractivity contribution is -0.141. The Kier molecular flexibility index (Phi) is 4.16. The maximum absolute atomic E-state index is 10.9. The van der Waals surface area contributed by atoms with Crippen molar-refractivity contribution in [3.05, 3.63) is 27.7 Å². The quantitative estimate of drug-likeness (QED) is 0.920. The van der Waals surface area contributed by atoms with Crippen molar-refractivity contribution in [1.82, 2.24) is 20.2 Å². The number of carbonyl (C=O) groups is 1. The first kappa shape index (κ1) is 14.0. The van der Waals surface area contributed by atoms with E-state index in [9.17, 15) is 4.79 Å². The van der Waals surface area contributed by atoms with Gasteiger partial charge in [0.05, 0.1) is 17.5 Å². The predicted octanol–water partition coefficient (Wildman–Crippen LogP) is 2.48. The lowest BCUT2D eigenvalue weighted by atomic mass is 10.1. The van der Waals surface area contributed by atoms with Crippen molar-refractivity contribution in [3.8, 4) is 11.4 Å². The van der Waals surface area contributed by atoms with Gasteiger partial charge in [-0.15, -0.1) is 5.10 Å². The van der Waals surface area contributed by atoms with E-state index in [1.54, 1.807) is 25.1 Å². The molecule has 19 heavy (non-hydrogen) atoms. The van der Waals surface area contributed by atoms with Gasteiger partial charge < -0.3 is 5.11 Å². The van der Waals surface area contributed by atoms with E-state index in [4.69, 9.17) is 16.7 Å². The Balaban J connectivity index is 2.39. The fraction of sp³-hybridized carbons (Fsp3) is 0.273. The number of hydrogen-bond donors (Lipinski definition) is 1. The van der Waals surface area contributed by atoms with E-state index in [1.807, 2.05) is 0 Å². The highest BCUT2D eigenvalue weighted by Gasteiger charge is 2.18. The molecule has 1 aromatic heterocycles. The fourth-order valence-electron chi connectivity index (χ4n) is 1.53. The molecule has 0 spiro atoms. The van der Waals surface area contributed by atoms with Gasteiger partial charge in [-0.1, -0.05) is 34.5 Å². The summed E-state index contributed by atoms with van der Waals surface area (Å²) in [5.41, 5.74) is 0.652. The molecule has 1 atom stereocenters. The molecule has 0 aliphatic heterocycles. The number of benzene rings is 1. The number of hydrogen-bond acceptors (Lipinski definition) is 4. The number of aromatic nitrogens is 4. The first-order valence-corrected chi connectivity index (χ1v) is 6.60. The Hall–Kier alpha value is -1.47. The Morgan fingerprint density at radius 2 is 2.32 bits per heavy atom. The van der Waals surface area contributed by atoms with Gasteiger partial charge >= 0.3 is 5.97 Å². The number of tetrazole rings is 1. The van der Waals surface area contributed by atoms with Gasteiger partial charge in [0.15, 0.2) is 5.82 Å². The Morgan fingerprint density at radius 3 is 3.00 bits per heavy atom. The maximum atomic E-state index is 10.9. The third-order valence-corrected chi connectivity index (χ3v) is 3.39. The maximum Gasteiger partial charge on any atom is 0.308 e. The van der Waals surface area contributed by atoms with Crippen LogP contribution in [0.5, 0.6) is 0 Å². The van der Waals surface area contributed by atoms with Crippen LogP contribution in [-0.2, 0) is 11.3 Å². The molecule has 2 aromatic rings. The Bertz CT molecular complexity index is 616. The van der Waals surface area contributed by atoms with Crippen LogP contribution in [0.3, 0.4) is 0 Å². The van der Waals surface area contributed by atoms with E-state index in [0.717, 1.165) is 4.47 Å². The molecule has 0 aliphatic carbocycles. The van der Waals surface area contributed by atoms with E-state index in [2.05, 4.69) is 31.5 Å². The van der Waals surface area contributed by atoms with E-state index in [-0.39, 0.29) is 6.54 Å². The second-order valence-electron chi connectivity index (χ2n) is 4.05. The van der Waals surface area contributed by atoms with Crippen LogP contribution in [0.1, 0.15) is 6.92 Å². The zero-order chi connectivity index (χ0) is 14.0. The molecule has 8 heteroatoms. The first-order chi connectivity index (χ1) is 8.99. The molecule has 0 aliphatic rings. The summed E-state index contributed by atoms with van der Waals surface area (Å²) in [6.45, 7) is 1.77. The third-order valence-electron chi connectivity index (χ3n) is 2.57. The van der Waals surface area contributed by atoms with Gasteiger partial charge in [0.25, 0.3) is 0 Å². The third kappa shape index (κ3) is 3.10. The minimum atomic E-state index is -0.901. The smallest absolute Gasteiger partial charge is 0.308 e. The van der Waals surface area contributed by atoms with Crippen molar-refractivity contribution < 1.29 is 9.90 Å². The highest BCUT2D eigenvalue weighted by molar-refractivity contribution is 9.10. The van der Waals surface area contributed by atoms with Crippen molar-refractivity contribution in [1.29, 1.82) is 0 Å². The van der Waals surface area contributed by atoms with Crippen LogP contribution in [0.4, 0.5) is 0 Å². The molecule has 0 amide bonds. The van der Waals surface area contributed by atoms with Gasteiger partial charge in [-0.3, -0.25) is 4.79 Å². The molecule has 0 fully saturated rings. The minimum absolute atomic E-state index is 0.181. The van der Waals surface area contributed by atoms with E-state index >= 15 is 0 Å². The fourth-order valence-corrected chi connectivity index (χ4v) is 2.09. The highest BCUT2D eigenvalue weighted by atomic mass is 79.9. The summed E-state index contributed by atoms with van der Waals surface area (Å²) in [5, 5.41) is 20.7. The van der Waals surface area contributed by atoms with Gasteiger partial charge in [-0.25, -0.2) is 4.68 Å².